The SMILES string of the molecule is O=C(CNc1cc(N2CCCC2)nc2ccccc12)Nc1ccc(F)cc1. The Bertz CT molecular complexity index is 952. The van der Waals surface area contributed by atoms with Gasteiger partial charge in [0.2, 0.25) is 5.91 Å². The molecule has 0 spiro atoms. The van der Waals surface area contributed by atoms with Gasteiger partial charge >= 0.3 is 0 Å². The van der Waals surface area contributed by atoms with E-state index in [0.29, 0.717) is 5.69 Å². The Hall–Kier alpha value is -3.15. The summed E-state index contributed by atoms with van der Waals surface area (Å²) >= 11 is 0. The number of carbonyl (C=O) groups excluding carboxylic acids is 1. The first-order valence-corrected chi connectivity index (χ1v) is 9.13. The fourth-order valence-corrected chi connectivity index (χ4v) is 3.33. The zero-order chi connectivity index (χ0) is 18.6. The van der Waals surface area contributed by atoms with Crippen LogP contribution in [0.2, 0.25) is 0 Å². The minimum Gasteiger partial charge on any atom is -0.375 e. The van der Waals surface area contributed by atoms with Gasteiger partial charge in [-0.1, -0.05) is 18.2 Å². The molecule has 6 heteroatoms. The zero-order valence-corrected chi connectivity index (χ0v) is 14.9. The topological polar surface area (TPSA) is 57.3 Å². The minimum atomic E-state index is -0.330. The molecule has 2 N–H and O–H groups in total. The summed E-state index contributed by atoms with van der Waals surface area (Å²) in [6.07, 6.45) is 2.36. The van der Waals surface area contributed by atoms with Gasteiger partial charge in [0, 0.05) is 35.9 Å². The summed E-state index contributed by atoms with van der Waals surface area (Å²) in [6, 6.07) is 15.6. The molecule has 1 aliphatic rings. The molecule has 4 rings (SSSR count). The zero-order valence-electron chi connectivity index (χ0n) is 14.9. The summed E-state index contributed by atoms with van der Waals surface area (Å²) in [5.74, 6) is 0.418. The molecule has 5 nitrogen and oxygen atoms in total. The molecule has 1 amide bonds. The number of benzene rings is 2. The quantitative estimate of drug-likeness (QED) is 0.718. The van der Waals surface area contributed by atoms with Crippen LogP contribution in [0.4, 0.5) is 21.6 Å². The minimum absolute atomic E-state index is 0.116. The molecule has 0 atom stereocenters. The number of amides is 1. The molecule has 2 heterocycles. The molecule has 0 radical (unpaired) electrons. The largest absolute Gasteiger partial charge is 0.375 e. The monoisotopic (exact) mass is 364 g/mol. The first kappa shape index (κ1) is 17.3. The standard InChI is InChI=1S/C21H21FN4O/c22-15-7-9-16(10-8-15)24-21(27)14-23-19-13-20(26-11-3-4-12-26)25-18-6-2-1-5-17(18)19/h1-2,5-10,13H,3-4,11-12,14H2,(H,23,25)(H,24,27). The van der Waals surface area contributed by atoms with Crippen molar-refractivity contribution in [2.75, 3.05) is 35.2 Å². The fourth-order valence-electron chi connectivity index (χ4n) is 3.33. The number of nitrogens with zero attached hydrogens (tertiary/aromatic N) is 2. The second-order valence-electron chi connectivity index (χ2n) is 6.65. The lowest BCUT2D eigenvalue weighted by atomic mass is 10.1. The first-order valence-electron chi connectivity index (χ1n) is 9.13. The Morgan fingerprint density at radius 1 is 1.07 bits per heavy atom. The molecule has 1 saturated heterocycles. The molecule has 0 bridgehead atoms. The number of nitrogens with one attached hydrogen (secondary N) is 2. The van der Waals surface area contributed by atoms with E-state index in [9.17, 15) is 9.18 Å². The summed E-state index contributed by atoms with van der Waals surface area (Å²) < 4.78 is 13.0. The second-order valence-corrected chi connectivity index (χ2v) is 6.65. The van der Waals surface area contributed by atoms with Gasteiger partial charge in [-0.05, 0) is 43.2 Å². The molecule has 1 aromatic heterocycles. The van der Waals surface area contributed by atoms with E-state index in [1.54, 1.807) is 12.1 Å². The number of anilines is 3. The molecule has 0 saturated carbocycles. The normalized spacial score (nSPS) is 13.7. The van der Waals surface area contributed by atoms with Crippen molar-refractivity contribution in [3.05, 3.63) is 60.4 Å². The van der Waals surface area contributed by atoms with Crippen LogP contribution in [0.5, 0.6) is 0 Å². The number of hydrogen-bond donors (Lipinski definition) is 2. The number of halogens is 1. The lowest BCUT2D eigenvalue weighted by molar-refractivity contribution is -0.114. The van der Waals surface area contributed by atoms with Crippen molar-refractivity contribution in [1.82, 2.24) is 4.98 Å². The lowest BCUT2D eigenvalue weighted by Gasteiger charge is -2.19. The van der Waals surface area contributed by atoms with Gasteiger partial charge in [-0.15, -0.1) is 0 Å². The summed E-state index contributed by atoms with van der Waals surface area (Å²) in [7, 11) is 0. The summed E-state index contributed by atoms with van der Waals surface area (Å²) in [6.45, 7) is 2.14. The van der Waals surface area contributed by atoms with E-state index in [1.807, 2.05) is 30.3 Å². The number of pyridine rings is 1. The van der Waals surface area contributed by atoms with Crippen LogP contribution in [-0.2, 0) is 4.79 Å². The third-order valence-corrected chi connectivity index (χ3v) is 4.70. The average molecular weight is 364 g/mol. The van der Waals surface area contributed by atoms with E-state index in [-0.39, 0.29) is 18.3 Å². The number of fused-ring (bicyclic) bond motifs is 1. The van der Waals surface area contributed by atoms with Crippen molar-refractivity contribution in [1.29, 1.82) is 0 Å². The van der Waals surface area contributed by atoms with Crippen molar-refractivity contribution in [2.24, 2.45) is 0 Å². The number of para-hydroxylation sites is 1. The van der Waals surface area contributed by atoms with Crippen LogP contribution < -0.4 is 15.5 Å². The highest BCUT2D eigenvalue weighted by atomic mass is 19.1. The summed E-state index contributed by atoms with van der Waals surface area (Å²) in [5.41, 5.74) is 2.36. The van der Waals surface area contributed by atoms with E-state index in [1.165, 1.54) is 25.0 Å². The molecule has 27 heavy (non-hydrogen) atoms. The molecular weight excluding hydrogens is 343 g/mol. The average Bonchev–Trinajstić information content (AvgIpc) is 3.22. The Morgan fingerprint density at radius 3 is 2.59 bits per heavy atom. The van der Waals surface area contributed by atoms with E-state index >= 15 is 0 Å². The van der Waals surface area contributed by atoms with Crippen LogP contribution in [0.15, 0.2) is 54.6 Å². The fraction of sp³-hybridized carbons (Fsp3) is 0.238. The Labute approximate surface area is 157 Å². The maximum atomic E-state index is 13.0. The van der Waals surface area contributed by atoms with E-state index in [4.69, 9.17) is 4.98 Å². The van der Waals surface area contributed by atoms with E-state index in [0.717, 1.165) is 35.5 Å². The molecule has 0 unspecified atom stereocenters. The van der Waals surface area contributed by atoms with Gasteiger partial charge in [-0.2, -0.15) is 0 Å². The van der Waals surface area contributed by atoms with E-state index < -0.39 is 0 Å². The predicted molar refractivity (Wildman–Crippen MR) is 107 cm³/mol. The molecule has 1 fully saturated rings. The third-order valence-electron chi connectivity index (χ3n) is 4.70. The Morgan fingerprint density at radius 2 is 1.81 bits per heavy atom. The highest BCUT2D eigenvalue weighted by Gasteiger charge is 2.16. The Kier molecular flexibility index (Phi) is 4.87. The van der Waals surface area contributed by atoms with Gasteiger partial charge in [0.15, 0.2) is 0 Å². The van der Waals surface area contributed by atoms with Crippen LogP contribution >= 0.6 is 0 Å². The maximum Gasteiger partial charge on any atom is 0.243 e. The van der Waals surface area contributed by atoms with Crippen molar-refractivity contribution in [3.8, 4) is 0 Å². The van der Waals surface area contributed by atoms with Crippen LogP contribution in [0.3, 0.4) is 0 Å². The Balaban J connectivity index is 1.51. The smallest absolute Gasteiger partial charge is 0.243 e. The molecule has 1 aliphatic heterocycles. The lowest BCUT2D eigenvalue weighted by Crippen LogP contribution is -2.23. The molecule has 2 aromatic carbocycles. The van der Waals surface area contributed by atoms with Gasteiger partial charge in [0.05, 0.1) is 12.1 Å². The maximum absolute atomic E-state index is 13.0. The predicted octanol–water partition coefficient (Wildman–Crippen LogP) is 4.02. The van der Waals surface area contributed by atoms with Crippen LogP contribution in [0, 0.1) is 5.82 Å². The van der Waals surface area contributed by atoms with Crippen LogP contribution in [-0.4, -0.2) is 30.5 Å². The highest BCUT2D eigenvalue weighted by molar-refractivity contribution is 5.97. The molecular formula is C21H21FN4O. The van der Waals surface area contributed by atoms with Crippen molar-refractivity contribution in [3.63, 3.8) is 0 Å². The van der Waals surface area contributed by atoms with Gasteiger partial charge in [0.25, 0.3) is 0 Å². The van der Waals surface area contributed by atoms with Crippen LogP contribution in [0.1, 0.15) is 12.8 Å². The summed E-state index contributed by atoms with van der Waals surface area (Å²) in [4.78, 5) is 19.3. The summed E-state index contributed by atoms with van der Waals surface area (Å²) in [5, 5.41) is 6.97. The number of aromatic nitrogens is 1. The molecule has 138 valence electrons. The first-order chi connectivity index (χ1) is 13.2. The van der Waals surface area contributed by atoms with E-state index in [2.05, 4.69) is 15.5 Å². The van der Waals surface area contributed by atoms with Crippen molar-refractivity contribution in [2.45, 2.75) is 12.8 Å². The molecule has 0 aliphatic carbocycles. The van der Waals surface area contributed by atoms with Gasteiger partial charge in [-0.3, -0.25) is 4.79 Å². The molecule has 3 aromatic rings. The number of carbonyl (C=O) groups is 1. The number of hydrogen-bond acceptors (Lipinski definition) is 4. The highest BCUT2D eigenvalue weighted by Crippen LogP contribution is 2.28. The second kappa shape index (κ2) is 7.61. The van der Waals surface area contributed by atoms with Crippen LogP contribution in [0.25, 0.3) is 10.9 Å². The van der Waals surface area contributed by atoms with Gasteiger partial charge < -0.3 is 15.5 Å². The third kappa shape index (κ3) is 4.00. The van der Waals surface area contributed by atoms with Gasteiger partial charge in [-0.25, -0.2) is 9.37 Å². The number of rotatable bonds is 5. The van der Waals surface area contributed by atoms with Crippen molar-refractivity contribution >= 4 is 34.0 Å². The van der Waals surface area contributed by atoms with Crippen molar-refractivity contribution < 1.29 is 9.18 Å². The van der Waals surface area contributed by atoms with Gasteiger partial charge in [0.1, 0.15) is 11.6 Å².